The Kier molecular flexibility index (Phi) is 6.87. The second-order valence-corrected chi connectivity index (χ2v) is 9.16. The first kappa shape index (κ1) is 22.0. The molecule has 1 N–H and O–H groups in total. The van der Waals surface area contributed by atoms with Crippen LogP contribution in [0.25, 0.3) is 0 Å². The van der Waals surface area contributed by atoms with Gasteiger partial charge >= 0.3 is 0 Å². The lowest BCUT2D eigenvalue weighted by Gasteiger charge is -2.34. The summed E-state index contributed by atoms with van der Waals surface area (Å²) in [5.41, 5.74) is 0.981. The van der Waals surface area contributed by atoms with E-state index in [0.717, 1.165) is 11.5 Å². The maximum absolute atomic E-state index is 12.9. The van der Waals surface area contributed by atoms with Gasteiger partial charge in [-0.1, -0.05) is 11.4 Å². The monoisotopic (exact) mass is 455 g/mol. The van der Waals surface area contributed by atoms with Crippen LogP contribution < -0.4 is 9.46 Å². The molecule has 1 aliphatic heterocycles. The largest absolute Gasteiger partial charge is 0.495 e. The summed E-state index contributed by atoms with van der Waals surface area (Å²) in [5, 5.41) is 5.39. The van der Waals surface area contributed by atoms with Crippen molar-refractivity contribution in [2.24, 2.45) is 0 Å². The van der Waals surface area contributed by atoms with Crippen LogP contribution in [0.1, 0.15) is 35.6 Å². The average molecular weight is 456 g/mol. The van der Waals surface area contributed by atoms with Crippen molar-refractivity contribution < 1.29 is 24.2 Å². The van der Waals surface area contributed by atoms with Crippen molar-refractivity contribution in [1.82, 2.24) is 19.4 Å². The fraction of sp³-hybridized carbons (Fsp3) is 0.444. The third-order valence-corrected chi connectivity index (χ3v) is 6.60. The van der Waals surface area contributed by atoms with Crippen LogP contribution in [0.4, 0.5) is 5.69 Å². The standard InChI is InChI=1S/C18H23N5O5S2.H2/c1-3-10-30(26,27)20-14-5-4-13(11-16(14)28-2)17(24)22-6-8-23(9-7-22)18(25)15-12-29-21-19-15;/h4-5,11-12,20H,3,6-10H2,1-2H3;1H. The number of hydrogen-bond acceptors (Lipinski definition) is 8. The predicted octanol–water partition coefficient (Wildman–Crippen LogP) is 1.54. The van der Waals surface area contributed by atoms with Crippen LogP contribution in [0.15, 0.2) is 23.6 Å². The van der Waals surface area contributed by atoms with Gasteiger partial charge in [0.15, 0.2) is 5.69 Å². The maximum atomic E-state index is 12.9. The number of hydrogen-bond donors (Lipinski definition) is 1. The Morgan fingerprint density at radius 2 is 1.87 bits per heavy atom. The Labute approximate surface area is 180 Å². The van der Waals surface area contributed by atoms with Gasteiger partial charge in [0.05, 0.1) is 18.6 Å². The zero-order valence-electron chi connectivity index (χ0n) is 16.7. The van der Waals surface area contributed by atoms with Crippen molar-refractivity contribution in [2.75, 3.05) is 43.8 Å². The molecule has 30 heavy (non-hydrogen) atoms. The highest BCUT2D eigenvalue weighted by molar-refractivity contribution is 7.92. The van der Waals surface area contributed by atoms with Gasteiger partial charge in [-0.3, -0.25) is 14.3 Å². The van der Waals surface area contributed by atoms with E-state index in [1.165, 1.54) is 19.2 Å². The van der Waals surface area contributed by atoms with E-state index in [1.54, 1.807) is 28.2 Å². The molecule has 1 aromatic heterocycles. The third kappa shape index (κ3) is 5.05. The number of carbonyl (C=O) groups is 2. The Bertz CT molecular complexity index is 1010. The lowest BCUT2D eigenvalue weighted by molar-refractivity contribution is 0.0532. The summed E-state index contributed by atoms with van der Waals surface area (Å²) in [5.74, 6) is -0.137. The first-order chi connectivity index (χ1) is 14.3. The van der Waals surface area contributed by atoms with Crippen molar-refractivity contribution >= 4 is 39.1 Å². The Morgan fingerprint density at radius 1 is 1.20 bits per heavy atom. The number of aromatic nitrogens is 2. The van der Waals surface area contributed by atoms with E-state index < -0.39 is 10.0 Å². The van der Waals surface area contributed by atoms with Gasteiger partial charge in [0.2, 0.25) is 10.0 Å². The van der Waals surface area contributed by atoms with Crippen LogP contribution in [0.2, 0.25) is 0 Å². The van der Waals surface area contributed by atoms with E-state index >= 15 is 0 Å². The maximum Gasteiger partial charge on any atom is 0.275 e. The molecule has 12 heteroatoms. The minimum absolute atomic E-state index is 0. The molecule has 10 nitrogen and oxygen atoms in total. The molecule has 2 aromatic rings. The van der Waals surface area contributed by atoms with Crippen LogP contribution in [0.5, 0.6) is 5.75 Å². The number of carbonyl (C=O) groups excluding carboxylic acids is 2. The van der Waals surface area contributed by atoms with Gasteiger partial charge in [0.25, 0.3) is 11.8 Å². The van der Waals surface area contributed by atoms with Gasteiger partial charge in [-0.2, -0.15) is 0 Å². The Balaban J connectivity index is 0.00000341. The molecule has 0 aliphatic carbocycles. The summed E-state index contributed by atoms with van der Waals surface area (Å²) in [4.78, 5) is 28.5. The van der Waals surface area contributed by atoms with E-state index in [1.807, 2.05) is 0 Å². The van der Waals surface area contributed by atoms with Gasteiger partial charge in [-0.05, 0) is 36.2 Å². The molecule has 1 fully saturated rings. The predicted molar refractivity (Wildman–Crippen MR) is 115 cm³/mol. The van der Waals surface area contributed by atoms with Crippen LogP contribution in [-0.4, -0.2) is 78.7 Å². The summed E-state index contributed by atoms with van der Waals surface area (Å²) in [6, 6.07) is 4.60. The van der Waals surface area contributed by atoms with Gasteiger partial charge in [-0.15, -0.1) is 5.10 Å². The normalized spacial score (nSPS) is 14.5. The topological polar surface area (TPSA) is 122 Å². The first-order valence-corrected chi connectivity index (χ1v) is 11.9. The number of rotatable bonds is 7. The first-order valence-electron chi connectivity index (χ1n) is 9.38. The van der Waals surface area contributed by atoms with Crippen molar-refractivity contribution in [2.45, 2.75) is 13.3 Å². The molecule has 0 atom stereocenters. The molecular weight excluding hydrogens is 430 g/mol. The fourth-order valence-corrected chi connectivity index (χ4v) is 4.68. The quantitative estimate of drug-likeness (QED) is 0.672. The molecular formula is C18H25N5O5S2. The highest BCUT2D eigenvalue weighted by Gasteiger charge is 2.27. The minimum atomic E-state index is -3.48. The molecule has 1 aromatic carbocycles. The second-order valence-electron chi connectivity index (χ2n) is 6.71. The summed E-state index contributed by atoms with van der Waals surface area (Å²) < 4.78 is 35.5. The van der Waals surface area contributed by atoms with Crippen molar-refractivity contribution in [1.29, 1.82) is 0 Å². The molecule has 2 amide bonds. The minimum Gasteiger partial charge on any atom is -0.495 e. The van der Waals surface area contributed by atoms with Crippen LogP contribution in [-0.2, 0) is 10.0 Å². The number of benzene rings is 1. The van der Waals surface area contributed by atoms with Gasteiger partial charge in [0, 0.05) is 38.5 Å². The molecule has 0 saturated carbocycles. The van der Waals surface area contributed by atoms with Crippen LogP contribution in [0.3, 0.4) is 0 Å². The number of piperazine rings is 1. The molecule has 1 aliphatic rings. The lowest BCUT2D eigenvalue weighted by Crippen LogP contribution is -2.50. The summed E-state index contributed by atoms with van der Waals surface area (Å²) in [6.45, 7) is 3.34. The number of nitrogens with one attached hydrogen (secondary N) is 1. The fourth-order valence-electron chi connectivity index (χ4n) is 3.11. The van der Waals surface area contributed by atoms with E-state index in [2.05, 4.69) is 14.3 Å². The van der Waals surface area contributed by atoms with E-state index in [0.29, 0.717) is 43.9 Å². The van der Waals surface area contributed by atoms with Crippen molar-refractivity contribution in [3.05, 3.63) is 34.8 Å². The van der Waals surface area contributed by atoms with E-state index in [4.69, 9.17) is 4.74 Å². The number of amides is 2. The van der Waals surface area contributed by atoms with Gasteiger partial charge in [0.1, 0.15) is 5.75 Å². The zero-order chi connectivity index (χ0) is 21.7. The van der Waals surface area contributed by atoms with Crippen LogP contribution in [0, 0.1) is 0 Å². The van der Waals surface area contributed by atoms with Crippen LogP contribution >= 0.6 is 11.5 Å². The SMILES string of the molecule is CCCS(=O)(=O)Nc1ccc(C(=O)N2CCN(C(=O)c3csnn3)CC2)cc1OC.[HH]. The van der Waals surface area contributed by atoms with E-state index in [-0.39, 0.29) is 30.4 Å². The highest BCUT2D eigenvalue weighted by atomic mass is 32.2. The molecule has 0 bridgehead atoms. The van der Waals surface area contributed by atoms with Crippen molar-refractivity contribution in [3.63, 3.8) is 0 Å². The molecule has 164 valence electrons. The average Bonchev–Trinajstić information content (AvgIpc) is 3.27. The van der Waals surface area contributed by atoms with E-state index in [9.17, 15) is 18.0 Å². The molecule has 2 heterocycles. The number of sulfonamides is 1. The summed E-state index contributed by atoms with van der Waals surface area (Å²) in [6.07, 6.45) is 0.488. The number of ether oxygens (including phenoxy) is 1. The second kappa shape index (κ2) is 9.39. The summed E-state index contributed by atoms with van der Waals surface area (Å²) >= 11 is 1.12. The molecule has 0 radical (unpaired) electrons. The number of nitrogens with zero attached hydrogens (tertiary/aromatic N) is 4. The van der Waals surface area contributed by atoms with Gasteiger partial charge in [-0.25, -0.2) is 8.42 Å². The lowest BCUT2D eigenvalue weighted by atomic mass is 10.1. The highest BCUT2D eigenvalue weighted by Crippen LogP contribution is 2.27. The molecule has 0 spiro atoms. The smallest absolute Gasteiger partial charge is 0.275 e. The number of methoxy groups -OCH3 is 1. The number of anilines is 1. The third-order valence-electron chi connectivity index (χ3n) is 4.62. The summed E-state index contributed by atoms with van der Waals surface area (Å²) in [7, 11) is -2.06. The molecule has 1 saturated heterocycles. The molecule has 3 rings (SSSR count). The van der Waals surface area contributed by atoms with Crippen molar-refractivity contribution in [3.8, 4) is 5.75 Å². The molecule has 0 unspecified atom stereocenters. The van der Waals surface area contributed by atoms with Gasteiger partial charge < -0.3 is 14.5 Å². The zero-order valence-corrected chi connectivity index (χ0v) is 18.3. The Hall–Kier alpha value is -2.73. The Morgan fingerprint density at radius 3 is 2.43 bits per heavy atom.